The highest BCUT2D eigenvalue weighted by atomic mass is 35.5. The fraction of sp³-hybridized carbons (Fsp3) is 0.486. The van der Waals surface area contributed by atoms with Gasteiger partial charge in [-0.1, -0.05) is 112 Å². The van der Waals surface area contributed by atoms with Gasteiger partial charge in [-0.05, 0) is 58.2 Å². The smallest absolute Gasteiger partial charge is 0.405 e. The van der Waals surface area contributed by atoms with Crippen LogP contribution in [0.15, 0.2) is 66.7 Å². The summed E-state index contributed by atoms with van der Waals surface area (Å²) in [5, 5.41) is 18.8. The van der Waals surface area contributed by atoms with Crippen LogP contribution in [0.1, 0.15) is 75.8 Å². The maximum atomic E-state index is 14.4. The number of nitrogens with two attached hydrogens (primary N) is 1. The molecule has 246 valence electrons. The molecule has 2 fully saturated rings. The molecule has 1 heterocycles. The van der Waals surface area contributed by atoms with E-state index in [-0.39, 0.29) is 36.7 Å². The third kappa shape index (κ3) is 7.67. The van der Waals surface area contributed by atoms with Crippen LogP contribution >= 0.6 is 11.6 Å². The van der Waals surface area contributed by atoms with Crippen LogP contribution in [0.25, 0.3) is 10.8 Å². The second-order valence-corrected chi connectivity index (χ2v) is 14.0. The lowest BCUT2D eigenvalue weighted by atomic mass is 9.58. The van der Waals surface area contributed by atoms with Gasteiger partial charge in [0, 0.05) is 29.3 Å². The molecule has 9 heteroatoms. The number of primary amides is 1. The number of nitrogens with one attached hydrogen (secondary N) is 2. The Balaban J connectivity index is 1.63. The Bertz CT molecular complexity index is 1540. The maximum absolute atomic E-state index is 14.4. The van der Waals surface area contributed by atoms with E-state index in [0.29, 0.717) is 18.0 Å². The monoisotopic (exact) mass is 647 g/mol. The molecule has 3 aromatic carbocycles. The molecule has 3 amide bonds. The summed E-state index contributed by atoms with van der Waals surface area (Å²) in [5.41, 5.74) is 7.15. The lowest BCUT2D eigenvalue weighted by Gasteiger charge is -2.47. The van der Waals surface area contributed by atoms with Crippen molar-refractivity contribution in [1.29, 1.82) is 0 Å². The normalized spacial score (nSPS) is 20.0. The molecule has 5 N–H and O–H groups in total. The fourth-order valence-electron chi connectivity index (χ4n) is 7.91. The Morgan fingerprint density at radius 1 is 1.02 bits per heavy atom. The van der Waals surface area contributed by atoms with Crippen LogP contribution in [0.5, 0.6) is 0 Å². The molecule has 1 aliphatic carbocycles. The third-order valence-corrected chi connectivity index (χ3v) is 10.4. The van der Waals surface area contributed by atoms with Gasteiger partial charge < -0.3 is 26.2 Å². The van der Waals surface area contributed by atoms with Crippen LogP contribution in [0.4, 0.5) is 4.79 Å². The largest absolute Gasteiger partial charge is 0.436 e. The minimum Gasteiger partial charge on any atom is -0.436 e. The average Bonchev–Trinajstić information content (AvgIpc) is 3.45. The zero-order chi connectivity index (χ0) is 32.8. The molecule has 5 rings (SSSR count). The summed E-state index contributed by atoms with van der Waals surface area (Å²) in [5.74, 6) is -1.63. The van der Waals surface area contributed by atoms with Crippen LogP contribution in [0.3, 0.4) is 0 Å². The highest BCUT2D eigenvalue weighted by Crippen LogP contribution is 2.51. The van der Waals surface area contributed by atoms with Gasteiger partial charge >= 0.3 is 6.09 Å². The molecule has 1 saturated heterocycles. The number of benzene rings is 3. The molecule has 5 atom stereocenters. The van der Waals surface area contributed by atoms with Crippen molar-refractivity contribution in [1.82, 2.24) is 10.6 Å². The molecule has 0 spiro atoms. The molecule has 1 saturated carbocycles. The number of halogens is 1. The lowest BCUT2D eigenvalue weighted by Crippen LogP contribution is -2.53. The summed E-state index contributed by atoms with van der Waals surface area (Å²) >= 11 is 6.54. The molecule has 8 nitrogen and oxygen atoms in total. The Labute approximate surface area is 276 Å². The minimum absolute atomic E-state index is 0.0481. The first-order chi connectivity index (χ1) is 22.1. The van der Waals surface area contributed by atoms with Crippen LogP contribution in [-0.2, 0) is 19.7 Å². The van der Waals surface area contributed by atoms with E-state index < -0.39 is 35.5 Å². The number of rotatable bonds is 12. The van der Waals surface area contributed by atoms with E-state index in [9.17, 15) is 19.5 Å². The van der Waals surface area contributed by atoms with Crippen LogP contribution in [0.2, 0.25) is 5.02 Å². The molecular weight excluding hydrogens is 602 g/mol. The van der Waals surface area contributed by atoms with Gasteiger partial charge in [-0.25, -0.2) is 4.79 Å². The molecular formula is C37H46ClN3O5. The molecule has 0 aromatic heterocycles. The van der Waals surface area contributed by atoms with Crippen molar-refractivity contribution in [2.45, 2.75) is 82.3 Å². The Hall–Kier alpha value is -3.62. The second kappa shape index (κ2) is 14.9. The molecule has 0 radical (unpaired) electrons. The predicted molar refractivity (Wildman–Crippen MR) is 180 cm³/mol. The summed E-state index contributed by atoms with van der Waals surface area (Å²) in [6.07, 6.45) is 3.51. The van der Waals surface area contributed by atoms with Gasteiger partial charge in [0.15, 0.2) is 6.10 Å². The topological polar surface area (TPSA) is 131 Å². The summed E-state index contributed by atoms with van der Waals surface area (Å²) in [6.45, 7) is 4.53. The van der Waals surface area contributed by atoms with E-state index >= 15 is 0 Å². The number of amides is 3. The average molecular weight is 648 g/mol. The summed E-state index contributed by atoms with van der Waals surface area (Å²) in [6, 6.07) is 21.7. The number of aliphatic hydroxyl groups is 1. The number of aliphatic hydroxyl groups excluding tert-OH is 1. The van der Waals surface area contributed by atoms with E-state index in [1.807, 2.05) is 30.3 Å². The van der Waals surface area contributed by atoms with Gasteiger partial charge in [-0.2, -0.15) is 0 Å². The van der Waals surface area contributed by atoms with Crippen molar-refractivity contribution in [3.8, 4) is 0 Å². The fourth-order valence-corrected chi connectivity index (χ4v) is 8.10. The van der Waals surface area contributed by atoms with E-state index in [1.165, 1.54) is 0 Å². The standard InChI is InChI=1S/C37H46ClN3O5/c1-37(2,28-13-8-14-29(38)21-28)32(26-16-15-23-9-6-7-12-25(23)19-26)31(24-10-4-3-5-11-24)33(46-36(39)45)35(44)41-30(22-42)20-27-17-18-40-34(27)43/h6-9,12-16,19,21,24,27,30-33,42H,3-5,10-11,17-18,20,22H2,1-2H3,(H2,39,45)(H,40,43)(H,41,44)/t27-,30-,31?,32?,33-/m0/s1. The maximum Gasteiger partial charge on any atom is 0.405 e. The predicted octanol–water partition coefficient (Wildman–Crippen LogP) is 6.22. The van der Waals surface area contributed by atoms with Gasteiger partial charge in [0.25, 0.3) is 5.91 Å². The number of carbonyl (C=O) groups is 3. The zero-order valence-corrected chi connectivity index (χ0v) is 27.5. The van der Waals surface area contributed by atoms with Crippen molar-refractivity contribution in [3.63, 3.8) is 0 Å². The van der Waals surface area contributed by atoms with Crippen molar-refractivity contribution in [2.75, 3.05) is 13.2 Å². The van der Waals surface area contributed by atoms with Gasteiger partial charge in [0.05, 0.1) is 12.6 Å². The van der Waals surface area contributed by atoms with E-state index in [2.05, 4.69) is 60.9 Å². The quantitative estimate of drug-likeness (QED) is 0.185. The Morgan fingerprint density at radius 3 is 2.41 bits per heavy atom. The van der Waals surface area contributed by atoms with E-state index in [1.54, 1.807) is 0 Å². The van der Waals surface area contributed by atoms with Gasteiger partial charge in [0.2, 0.25) is 5.91 Å². The third-order valence-electron chi connectivity index (χ3n) is 10.2. The van der Waals surface area contributed by atoms with Crippen molar-refractivity contribution < 1.29 is 24.2 Å². The first kappa shape index (κ1) is 33.7. The van der Waals surface area contributed by atoms with Gasteiger partial charge in [-0.15, -0.1) is 0 Å². The summed E-state index contributed by atoms with van der Waals surface area (Å²) < 4.78 is 5.85. The molecule has 46 heavy (non-hydrogen) atoms. The number of carbonyl (C=O) groups excluding carboxylic acids is 3. The number of fused-ring (bicyclic) bond motifs is 1. The highest BCUT2D eigenvalue weighted by Gasteiger charge is 2.49. The van der Waals surface area contributed by atoms with Gasteiger partial charge in [-0.3, -0.25) is 9.59 Å². The van der Waals surface area contributed by atoms with E-state index in [0.717, 1.165) is 54.0 Å². The zero-order valence-electron chi connectivity index (χ0n) is 26.7. The van der Waals surface area contributed by atoms with Crippen molar-refractivity contribution in [3.05, 3.63) is 82.9 Å². The van der Waals surface area contributed by atoms with Crippen LogP contribution in [0, 0.1) is 17.8 Å². The molecule has 1 aliphatic heterocycles. The van der Waals surface area contributed by atoms with Crippen LogP contribution < -0.4 is 16.4 Å². The molecule has 0 bridgehead atoms. The lowest BCUT2D eigenvalue weighted by molar-refractivity contribution is -0.136. The van der Waals surface area contributed by atoms with Crippen molar-refractivity contribution >= 4 is 40.3 Å². The van der Waals surface area contributed by atoms with Gasteiger partial charge in [0.1, 0.15) is 0 Å². The summed E-state index contributed by atoms with van der Waals surface area (Å²) in [4.78, 5) is 39.3. The number of ether oxygens (including phenoxy) is 1. The molecule has 3 aromatic rings. The van der Waals surface area contributed by atoms with Crippen LogP contribution in [-0.4, -0.2) is 48.3 Å². The second-order valence-electron chi connectivity index (χ2n) is 13.5. The van der Waals surface area contributed by atoms with Crippen molar-refractivity contribution in [2.24, 2.45) is 23.5 Å². The Kier molecular flexibility index (Phi) is 10.9. The SMILES string of the molecule is CC(C)(c1cccc(Cl)c1)C(c1ccc2ccccc2c1)C(C1CCCCC1)[C@H](OC(N)=O)C(=O)N[C@H](CO)C[C@@H]1CCNC1=O. The number of hydrogen-bond donors (Lipinski definition) is 4. The minimum atomic E-state index is -1.23. The first-order valence-corrected chi connectivity index (χ1v) is 16.9. The highest BCUT2D eigenvalue weighted by molar-refractivity contribution is 6.30. The molecule has 2 aliphatic rings. The first-order valence-electron chi connectivity index (χ1n) is 16.5. The summed E-state index contributed by atoms with van der Waals surface area (Å²) in [7, 11) is 0. The Morgan fingerprint density at radius 2 is 1.76 bits per heavy atom. The van der Waals surface area contributed by atoms with E-state index in [4.69, 9.17) is 22.1 Å². The molecule has 2 unspecified atom stereocenters. The number of hydrogen-bond acceptors (Lipinski definition) is 5.